The Balaban J connectivity index is 5.42. The largest absolute Gasteiger partial charge is 0.409 e. The number of rotatable bonds is 11. The van der Waals surface area contributed by atoms with Gasteiger partial charge in [-0.15, -0.1) is 6.42 Å². The monoisotopic (exact) mass is 342 g/mol. The Labute approximate surface area is 141 Å². The summed E-state index contributed by atoms with van der Waals surface area (Å²) in [6, 6.07) is 3.36. The molecule has 2 nitrogen and oxygen atoms in total. The summed E-state index contributed by atoms with van der Waals surface area (Å²) in [5.74, 6) is 2.94. The van der Waals surface area contributed by atoms with Crippen LogP contribution in [0.1, 0.15) is 53.9 Å². The Morgan fingerprint density at radius 1 is 1.05 bits per heavy atom. The fraction of sp³-hybridized carbons (Fsp3) is 0.889. The molecule has 0 radical (unpaired) electrons. The van der Waals surface area contributed by atoms with Gasteiger partial charge in [0.1, 0.15) is 6.10 Å². The summed E-state index contributed by atoms with van der Waals surface area (Å²) >= 11 is 0. The van der Waals surface area contributed by atoms with Crippen molar-refractivity contribution in [3.63, 3.8) is 0 Å². The Kier molecular flexibility index (Phi) is 9.23. The molecule has 0 aliphatic heterocycles. The molecule has 0 saturated carbocycles. The van der Waals surface area contributed by atoms with E-state index in [1.165, 1.54) is 0 Å². The molecule has 0 aromatic rings. The average Bonchev–Trinajstić information content (AvgIpc) is 2.45. The highest BCUT2D eigenvalue weighted by Crippen LogP contribution is 2.33. The van der Waals surface area contributed by atoms with E-state index in [1.807, 2.05) is 0 Å². The zero-order chi connectivity index (χ0) is 17.4. The van der Waals surface area contributed by atoms with Gasteiger partial charge in [-0.2, -0.15) is 0 Å². The topological polar surface area (TPSA) is 18.5 Å². The number of terminal acetylenes is 1. The first-order valence-electron chi connectivity index (χ1n) is 8.96. The van der Waals surface area contributed by atoms with E-state index in [4.69, 9.17) is 15.3 Å². The molecule has 0 aliphatic rings. The number of hydrogen-bond donors (Lipinski definition) is 0. The van der Waals surface area contributed by atoms with E-state index in [1.54, 1.807) is 0 Å². The van der Waals surface area contributed by atoms with Crippen LogP contribution in [0, 0.1) is 12.3 Å². The van der Waals surface area contributed by atoms with Crippen molar-refractivity contribution in [1.82, 2.24) is 0 Å². The van der Waals surface area contributed by atoms with Crippen LogP contribution in [0.25, 0.3) is 0 Å². The van der Waals surface area contributed by atoms with Crippen molar-refractivity contribution in [3.05, 3.63) is 0 Å². The van der Waals surface area contributed by atoms with Gasteiger partial charge in [0.2, 0.25) is 0 Å². The van der Waals surface area contributed by atoms with E-state index in [0.29, 0.717) is 0 Å². The molecular formula is C18H38O2Si2. The highest BCUT2D eigenvalue weighted by molar-refractivity contribution is 6.73. The summed E-state index contributed by atoms with van der Waals surface area (Å²) in [4.78, 5) is 0. The minimum Gasteiger partial charge on any atom is -0.409 e. The third kappa shape index (κ3) is 6.58. The molecule has 0 amide bonds. The fourth-order valence-corrected chi connectivity index (χ4v) is 7.47. The van der Waals surface area contributed by atoms with Gasteiger partial charge >= 0.3 is 0 Å². The van der Waals surface area contributed by atoms with Gasteiger partial charge in [0.15, 0.2) is 16.6 Å². The average molecular weight is 343 g/mol. The van der Waals surface area contributed by atoms with Crippen molar-refractivity contribution in [1.29, 1.82) is 0 Å². The minimum atomic E-state index is -1.73. The first kappa shape index (κ1) is 21.9. The molecule has 0 N–H and O–H groups in total. The van der Waals surface area contributed by atoms with Gasteiger partial charge in [0, 0.05) is 0 Å². The molecule has 0 spiro atoms. The van der Waals surface area contributed by atoms with Gasteiger partial charge in [-0.3, -0.25) is 0 Å². The third-order valence-corrected chi connectivity index (χ3v) is 10.3. The maximum Gasteiger partial charge on any atom is 0.193 e. The predicted molar refractivity (Wildman–Crippen MR) is 103 cm³/mol. The first-order chi connectivity index (χ1) is 10.1. The van der Waals surface area contributed by atoms with Crippen molar-refractivity contribution < 1.29 is 8.85 Å². The standard InChI is InChI=1S/C18H38O2Si2/c1-10-15-16-18(6,20-21(7,8)9)17(11-2)19-22(12-3,13-4)14-5/h2,17H,10,12-16H2,1,3-9H3. The molecule has 0 aromatic carbocycles. The molecule has 4 heteroatoms. The van der Waals surface area contributed by atoms with E-state index in [9.17, 15) is 0 Å². The van der Waals surface area contributed by atoms with E-state index in [-0.39, 0.29) is 11.7 Å². The molecule has 0 aliphatic carbocycles. The molecule has 0 saturated heterocycles. The lowest BCUT2D eigenvalue weighted by Gasteiger charge is -2.43. The Morgan fingerprint density at radius 3 is 1.86 bits per heavy atom. The highest BCUT2D eigenvalue weighted by Gasteiger charge is 2.42. The van der Waals surface area contributed by atoms with Crippen molar-refractivity contribution in [2.45, 2.75) is 103 Å². The van der Waals surface area contributed by atoms with Gasteiger partial charge in [-0.1, -0.05) is 46.5 Å². The quantitative estimate of drug-likeness (QED) is 0.348. The van der Waals surface area contributed by atoms with E-state index >= 15 is 0 Å². The molecule has 22 heavy (non-hydrogen) atoms. The zero-order valence-electron chi connectivity index (χ0n) is 16.2. The molecule has 130 valence electrons. The molecule has 0 bridgehead atoms. The van der Waals surface area contributed by atoms with Crippen LogP contribution in [-0.4, -0.2) is 28.3 Å². The lowest BCUT2D eigenvalue weighted by Crippen LogP contribution is -2.53. The maximum atomic E-state index is 6.64. The summed E-state index contributed by atoms with van der Waals surface area (Å²) in [6.07, 6.45) is 8.93. The molecule has 0 rings (SSSR count). The van der Waals surface area contributed by atoms with Crippen molar-refractivity contribution in [2.24, 2.45) is 0 Å². The Morgan fingerprint density at radius 2 is 1.55 bits per heavy atom. The van der Waals surface area contributed by atoms with Crippen LogP contribution in [-0.2, 0) is 8.85 Å². The normalized spacial score (nSPS) is 16.9. The Bertz CT molecular complexity index is 345. The fourth-order valence-electron chi connectivity index (χ4n) is 3.05. The van der Waals surface area contributed by atoms with Crippen LogP contribution in [0.2, 0.25) is 37.8 Å². The minimum absolute atomic E-state index is 0.225. The van der Waals surface area contributed by atoms with Crippen LogP contribution in [0.5, 0.6) is 0 Å². The first-order valence-corrected chi connectivity index (χ1v) is 14.9. The van der Waals surface area contributed by atoms with E-state index in [0.717, 1.165) is 37.4 Å². The molecule has 0 aromatic heterocycles. The zero-order valence-corrected chi connectivity index (χ0v) is 18.2. The molecule has 2 unspecified atom stereocenters. The molecular weight excluding hydrogens is 304 g/mol. The molecule has 2 atom stereocenters. The lowest BCUT2D eigenvalue weighted by molar-refractivity contribution is -0.0182. The second kappa shape index (κ2) is 9.27. The van der Waals surface area contributed by atoms with Crippen molar-refractivity contribution in [3.8, 4) is 12.3 Å². The molecule has 0 heterocycles. The summed E-state index contributed by atoms with van der Waals surface area (Å²) < 4.78 is 13.2. The number of hydrogen-bond acceptors (Lipinski definition) is 2. The third-order valence-electron chi connectivity index (χ3n) is 4.57. The maximum absolute atomic E-state index is 6.64. The van der Waals surface area contributed by atoms with Crippen LogP contribution in [0.15, 0.2) is 0 Å². The molecule has 0 fully saturated rings. The summed E-state index contributed by atoms with van der Waals surface area (Å²) in [5, 5.41) is 0. The lowest BCUT2D eigenvalue weighted by atomic mass is 9.93. The second-order valence-electron chi connectivity index (χ2n) is 7.54. The number of unbranched alkanes of at least 4 members (excludes halogenated alkanes) is 1. The van der Waals surface area contributed by atoms with Gasteiger partial charge in [-0.05, 0) is 51.1 Å². The van der Waals surface area contributed by atoms with Gasteiger partial charge in [0.25, 0.3) is 0 Å². The summed E-state index contributed by atoms with van der Waals surface area (Å²) in [5.41, 5.74) is -0.354. The summed E-state index contributed by atoms with van der Waals surface area (Å²) in [6.45, 7) is 17.8. The highest BCUT2D eigenvalue weighted by atomic mass is 28.4. The SMILES string of the molecule is C#CC(O[Si](CC)(CC)CC)C(C)(CCCC)O[Si](C)(C)C. The van der Waals surface area contributed by atoms with Crippen molar-refractivity contribution in [2.75, 3.05) is 0 Å². The van der Waals surface area contributed by atoms with Crippen LogP contribution in [0.3, 0.4) is 0 Å². The van der Waals surface area contributed by atoms with Crippen LogP contribution < -0.4 is 0 Å². The van der Waals surface area contributed by atoms with Crippen LogP contribution >= 0.6 is 0 Å². The van der Waals surface area contributed by atoms with Gasteiger partial charge in [-0.25, -0.2) is 0 Å². The van der Waals surface area contributed by atoms with E-state index in [2.05, 4.69) is 60.2 Å². The van der Waals surface area contributed by atoms with Gasteiger partial charge in [0.05, 0.1) is 5.60 Å². The van der Waals surface area contributed by atoms with Crippen molar-refractivity contribution >= 4 is 16.6 Å². The van der Waals surface area contributed by atoms with E-state index < -0.39 is 16.6 Å². The second-order valence-corrected chi connectivity index (χ2v) is 16.7. The van der Waals surface area contributed by atoms with Crippen LogP contribution in [0.4, 0.5) is 0 Å². The Hall–Kier alpha value is -0.0862. The smallest absolute Gasteiger partial charge is 0.193 e. The summed E-state index contributed by atoms with van der Waals surface area (Å²) in [7, 11) is -3.42. The van der Waals surface area contributed by atoms with Gasteiger partial charge < -0.3 is 8.85 Å². The predicted octanol–water partition coefficient (Wildman–Crippen LogP) is 5.81.